The quantitative estimate of drug-likeness (QED) is 0.120. The minimum atomic E-state index is 0. The second kappa shape index (κ2) is 21.0. The van der Waals surface area contributed by atoms with Crippen LogP contribution in [0.5, 0.6) is 0 Å². The van der Waals surface area contributed by atoms with Crippen molar-refractivity contribution in [1.29, 1.82) is 0 Å². The van der Waals surface area contributed by atoms with E-state index in [1.807, 2.05) is 6.92 Å². The van der Waals surface area contributed by atoms with Crippen molar-refractivity contribution in [2.45, 2.75) is 107 Å². The van der Waals surface area contributed by atoms with Crippen molar-refractivity contribution in [3.05, 3.63) is 144 Å². The van der Waals surface area contributed by atoms with E-state index in [2.05, 4.69) is 182 Å². The summed E-state index contributed by atoms with van der Waals surface area (Å²) < 4.78 is 0. The zero-order valence-electron chi connectivity index (χ0n) is 34.3. The van der Waals surface area contributed by atoms with Gasteiger partial charge >= 0.3 is 30.2 Å². The normalized spacial score (nSPS) is 10.6. The van der Waals surface area contributed by atoms with E-state index in [1.165, 1.54) is 112 Å². The molecule has 0 heterocycles. The zero-order chi connectivity index (χ0) is 36.8. The van der Waals surface area contributed by atoms with Gasteiger partial charge in [-0.05, 0) is 49.7 Å². The standard InChI is InChI=1S/2C22H25.C3H7.CH3.2ClH.Si.Zr/c2*1-14-10-15(2)12-18(11-14)19-9-7-8-17-13-20(22(4,5)6)16(3)21(17)19;1-3-2;;;;;/h2*7-13H,1-6H3;1,3H2,2H3;1H3;2*1H;;/q4*-1;;;;. The number of hydrogen-bond acceptors (Lipinski definition) is 0. The summed E-state index contributed by atoms with van der Waals surface area (Å²) in [6.07, 6.45) is 1.00. The molecule has 0 fully saturated rings. The fourth-order valence-electron chi connectivity index (χ4n) is 7.31. The summed E-state index contributed by atoms with van der Waals surface area (Å²) in [6.45, 7) is 35.6. The van der Waals surface area contributed by atoms with Gasteiger partial charge in [0, 0.05) is 0 Å². The fraction of sp³-hybridized carbons (Fsp3) is 0.333. The molecular weight excluding hydrogens is 767 g/mol. The molecule has 6 rings (SSSR count). The average Bonchev–Trinajstić information content (AvgIpc) is 3.55. The van der Waals surface area contributed by atoms with Crippen molar-refractivity contribution < 1.29 is 23.3 Å². The molecule has 0 bridgehead atoms. The molecule has 0 N–H and O–H groups in total. The summed E-state index contributed by atoms with van der Waals surface area (Å²) in [4.78, 5) is 0. The van der Waals surface area contributed by atoms with Gasteiger partial charge in [-0.2, -0.15) is 17.5 Å². The molecular formula is C48H62Cl2SiZr-4. The number of hydrogen-bond donors (Lipinski definition) is 0. The first-order valence-corrected chi connectivity index (χ1v) is 21.8. The molecule has 0 aliphatic rings. The van der Waals surface area contributed by atoms with Crippen LogP contribution in [0.15, 0.2) is 84.9 Å². The van der Waals surface area contributed by atoms with Crippen LogP contribution in [0.3, 0.4) is 0 Å². The van der Waals surface area contributed by atoms with Crippen LogP contribution in [0, 0.1) is 55.9 Å². The molecule has 52 heavy (non-hydrogen) atoms. The predicted octanol–water partition coefficient (Wildman–Crippen LogP) is 15.0. The van der Waals surface area contributed by atoms with E-state index in [-0.39, 0.29) is 43.1 Å². The molecule has 2 radical (unpaired) electrons. The predicted molar refractivity (Wildman–Crippen MR) is 238 cm³/mol. The van der Waals surface area contributed by atoms with Crippen molar-refractivity contribution in [1.82, 2.24) is 0 Å². The third kappa shape index (κ3) is 11.9. The first-order chi connectivity index (χ1) is 23.0. The average molecular weight is 829 g/mol. The van der Waals surface area contributed by atoms with Gasteiger partial charge in [-0.25, -0.2) is 0 Å². The topological polar surface area (TPSA) is 0 Å². The Kier molecular flexibility index (Phi) is 20.1. The Morgan fingerprint density at radius 2 is 0.827 bits per heavy atom. The van der Waals surface area contributed by atoms with Crippen molar-refractivity contribution in [3.63, 3.8) is 0 Å². The molecule has 0 unspecified atom stereocenters. The Morgan fingerprint density at radius 1 is 0.558 bits per heavy atom. The second-order valence-electron chi connectivity index (χ2n) is 15.7. The van der Waals surface area contributed by atoms with Gasteiger partial charge in [0.15, 0.2) is 0 Å². The van der Waals surface area contributed by atoms with Crippen molar-refractivity contribution >= 4 is 53.2 Å². The Morgan fingerprint density at radius 3 is 1.08 bits per heavy atom. The van der Waals surface area contributed by atoms with Crippen LogP contribution in [-0.4, -0.2) is 6.88 Å². The number of aryl methyl sites for hydroxylation is 6. The van der Waals surface area contributed by atoms with Crippen LogP contribution < -0.4 is 0 Å². The molecule has 0 spiro atoms. The van der Waals surface area contributed by atoms with E-state index in [1.54, 1.807) is 0 Å². The zero-order valence-corrected chi connectivity index (χ0v) is 39.4. The molecule has 6 aromatic carbocycles. The summed E-state index contributed by atoms with van der Waals surface area (Å²) in [5, 5.41) is 5.55. The maximum absolute atomic E-state index is 3.49. The maximum atomic E-state index is 3.49. The van der Waals surface area contributed by atoms with Crippen LogP contribution in [0.4, 0.5) is 0 Å². The van der Waals surface area contributed by atoms with Crippen molar-refractivity contribution in [2.24, 2.45) is 0 Å². The fourth-order valence-corrected chi connectivity index (χ4v) is 7.31. The molecule has 0 nitrogen and oxygen atoms in total. The first-order valence-electron chi connectivity index (χ1n) is 17.6. The third-order valence-electron chi connectivity index (χ3n) is 9.03. The summed E-state index contributed by atoms with van der Waals surface area (Å²) in [6, 6.07) is 31.8. The molecule has 0 saturated heterocycles. The van der Waals surface area contributed by atoms with Gasteiger partial charge in [0.2, 0.25) is 0 Å². The summed E-state index contributed by atoms with van der Waals surface area (Å²) >= 11 is 1.36. The van der Waals surface area contributed by atoms with E-state index >= 15 is 0 Å². The molecule has 4 heteroatoms. The van der Waals surface area contributed by atoms with E-state index < -0.39 is 0 Å². The molecule has 6 aromatic rings. The summed E-state index contributed by atoms with van der Waals surface area (Å²) in [5.41, 5.74) is 16.8. The third-order valence-corrected chi connectivity index (χ3v) is 9.03. The number of rotatable bonds is 2. The van der Waals surface area contributed by atoms with Crippen LogP contribution in [-0.2, 0) is 34.2 Å². The van der Waals surface area contributed by atoms with Gasteiger partial charge in [-0.15, -0.1) is 93.9 Å². The van der Waals surface area contributed by atoms with Gasteiger partial charge in [-0.1, -0.05) is 144 Å². The Balaban J connectivity index is 0.000000847. The van der Waals surface area contributed by atoms with E-state index in [9.17, 15) is 0 Å². The molecule has 0 aromatic heterocycles. The van der Waals surface area contributed by atoms with Crippen LogP contribution in [0.25, 0.3) is 43.8 Å². The Hall–Kier alpha value is -2.22. The number of halogens is 2. The number of benzene rings is 4. The molecule has 0 amide bonds. The van der Waals surface area contributed by atoms with Crippen LogP contribution >= 0.6 is 24.8 Å². The van der Waals surface area contributed by atoms with E-state index in [0.717, 1.165) is 6.42 Å². The second-order valence-corrected chi connectivity index (χ2v) is 15.7. The van der Waals surface area contributed by atoms with Gasteiger partial charge < -0.3 is 14.4 Å². The molecule has 0 saturated carbocycles. The van der Waals surface area contributed by atoms with Crippen molar-refractivity contribution in [3.8, 4) is 22.3 Å². The Bertz CT molecular complexity index is 1840. The van der Waals surface area contributed by atoms with Crippen LogP contribution in [0.2, 0.25) is 0 Å². The van der Waals surface area contributed by atoms with Gasteiger partial charge in [0.05, 0.1) is 0 Å². The molecule has 280 valence electrons. The summed E-state index contributed by atoms with van der Waals surface area (Å²) in [5.74, 6) is 0. The summed E-state index contributed by atoms with van der Waals surface area (Å²) in [7, 11) is 0. The van der Waals surface area contributed by atoms with Gasteiger partial charge in [-0.3, -0.25) is 0 Å². The van der Waals surface area contributed by atoms with E-state index in [4.69, 9.17) is 0 Å². The minimum absolute atomic E-state index is 0. The van der Waals surface area contributed by atoms with Crippen LogP contribution in [0.1, 0.15) is 99.4 Å². The Labute approximate surface area is 347 Å². The SMILES string of the molecule is Cc1cc(C)cc(-c2cccc3[cH-]c(C(C)(C)C)c(C)c23)c1.Cc1cc(C)cc(-c2cccc3[cH-]c(C(C)(C)C)c(C)c23)c1.Cl.Cl.[CH2-]CC.[CH3-].[Si]=[Zr]. The van der Waals surface area contributed by atoms with Gasteiger partial charge in [0.25, 0.3) is 0 Å². The van der Waals surface area contributed by atoms with Crippen molar-refractivity contribution in [2.75, 3.05) is 0 Å². The number of fused-ring (bicyclic) bond motifs is 2. The molecule has 0 aliphatic carbocycles. The van der Waals surface area contributed by atoms with E-state index in [0.29, 0.717) is 0 Å². The van der Waals surface area contributed by atoms with Gasteiger partial charge in [0.1, 0.15) is 0 Å². The monoisotopic (exact) mass is 826 g/mol. The molecule has 0 aliphatic heterocycles. The molecule has 0 atom stereocenters. The first kappa shape index (κ1) is 49.8.